The third-order valence-electron chi connectivity index (χ3n) is 3.57. The first-order chi connectivity index (χ1) is 9.94. The Hall–Kier alpha value is -1.40. The molecule has 1 aliphatic rings. The minimum atomic E-state index is -0.916. The molecular formula is C15H21NO4S. The molecule has 2 unspecified atom stereocenters. The maximum absolute atomic E-state index is 11.3. The quantitative estimate of drug-likeness (QED) is 0.786. The predicted octanol–water partition coefficient (Wildman–Crippen LogP) is 2.39. The standard InChI is InChI=1S/C15H21NO4S/c1-10(9-15(2,16-3)14(17)18)21-11-4-5-12-13(8-11)20-7-6-19-12/h4-5,8,10,16H,6-7,9H2,1-3H3,(H,17,18). The summed E-state index contributed by atoms with van der Waals surface area (Å²) < 4.78 is 11.1. The Labute approximate surface area is 129 Å². The number of ether oxygens (including phenoxy) is 2. The van der Waals surface area contributed by atoms with E-state index in [1.165, 1.54) is 0 Å². The van der Waals surface area contributed by atoms with Crippen LogP contribution in [0.2, 0.25) is 0 Å². The Morgan fingerprint density at radius 2 is 2.10 bits per heavy atom. The van der Waals surface area contributed by atoms with E-state index in [0.717, 1.165) is 16.4 Å². The molecule has 0 saturated carbocycles. The Kier molecular flexibility index (Phi) is 5.00. The highest BCUT2D eigenvalue weighted by Gasteiger charge is 2.33. The Balaban J connectivity index is 2.02. The molecule has 2 atom stereocenters. The van der Waals surface area contributed by atoms with E-state index in [1.54, 1.807) is 25.7 Å². The first-order valence-electron chi connectivity index (χ1n) is 6.93. The van der Waals surface area contributed by atoms with Crippen LogP contribution in [0, 0.1) is 0 Å². The molecule has 2 N–H and O–H groups in total. The average Bonchev–Trinajstić information content (AvgIpc) is 2.46. The summed E-state index contributed by atoms with van der Waals surface area (Å²) in [5.74, 6) is 0.691. The van der Waals surface area contributed by atoms with Crippen LogP contribution in [0.1, 0.15) is 20.3 Å². The fraction of sp³-hybridized carbons (Fsp3) is 0.533. The normalized spacial score (nSPS) is 17.9. The molecule has 0 fully saturated rings. The van der Waals surface area contributed by atoms with E-state index in [2.05, 4.69) is 5.32 Å². The van der Waals surface area contributed by atoms with Crippen molar-refractivity contribution in [2.24, 2.45) is 0 Å². The zero-order valence-electron chi connectivity index (χ0n) is 12.5. The van der Waals surface area contributed by atoms with Gasteiger partial charge in [0, 0.05) is 10.1 Å². The second kappa shape index (κ2) is 6.58. The van der Waals surface area contributed by atoms with Gasteiger partial charge in [0.25, 0.3) is 0 Å². The van der Waals surface area contributed by atoms with Crippen LogP contribution in [0.4, 0.5) is 0 Å². The molecule has 0 aliphatic carbocycles. The van der Waals surface area contributed by atoms with Gasteiger partial charge in [0.15, 0.2) is 11.5 Å². The molecule has 0 spiro atoms. The van der Waals surface area contributed by atoms with E-state index < -0.39 is 11.5 Å². The first kappa shape index (κ1) is 16.0. The Morgan fingerprint density at radius 1 is 1.43 bits per heavy atom. The van der Waals surface area contributed by atoms with E-state index in [9.17, 15) is 9.90 Å². The smallest absolute Gasteiger partial charge is 0.323 e. The minimum Gasteiger partial charge on any atom is -0.486 e. The van der Waals surface area contributed by atoms with Gasteiger partial charge < -0.3 is 19.9 Å². The molecule has 0 amide bonds. The van der Waals surface area contributed by atoms with Crippen molar-refractivity contribution in [2.75, 3.05) is 20.3 Å². The number of hydrogen-bond donors (Lipinski definition) is 2. The number of benzene rings is 1. The largest absolute Gasteiger partial charge is 0.486 e. The molecule has 0 bridgehead atoms. The Morgan fingerprint density at radius 3 is 2.71 bits per heavy atom. The van der Waals surface area contributed by atoms with Crippen molar-refractivity contribution >= 4 is 17.7 Å². The van der Waals surface area contributed by atoms with Crippen molar-refractivity contribution < 1.29 is 19.4 Å². The van der Waals surface area contributed by atoms with E-state index in [0.29, 0.717) is 19.6 Å². The summed E-state index contributed by atoms with van der Waals surface area (Å²) >= 11 is 1.64. The molecule has 6 heteroatoms. The molecule has 0 saturated heterocycles. The number of rotatable bonds is 6. The zero-order chi connectivity index (χ0) is 15.5. The van der Waals surface area contributed by atoms with Gasteiger partial charge in [0.1, 0.15) is 18.8 Å². The second-order valence-corrected chi connectivity index (χ2v) is 6.84. The molecule has 1 aromatic carbocycles. The number of nitrogens with one attached hydrogen (secondary N) is 1. The summed E-state index contributed by atoms with van der Waals surface area (Å²) in [7, 11) is 1.68. The SMILES string of the molecule is CNC(C)(CC(C)Sc1ccc2c(c1)OCCO2)C(=O)O. The first-order valence-corrected chi connectivity index (χ1v) is 7.81. The summed E-state index contributed by atoms with van der Waals surface area (Å²) in [6.07, 6.45) is 0.526. The lowest BCUT2D eigenvalue weighted by atomic mass is 9.96. The van der Waals surface area contributed by atoms with Crippen LogP contribution in [-0.4, -0.2) is 42.1 Å². The minimum absolute atomic E-state index is 0.154. The van der Waals surface area contributed by atoms with Crippen LogP contribution >= 0.6 is 11.8 Å². The number of carboxylic acids is 1. The summed E-state index contributed by atoms with van der Waals surface area (Å²) in [6.45, 7) is 4.87. The number of aliphatic carboxylic acids is 1. The summed E-state index contributed by atoms with van der Waals surface area (Å²) in [5, 5.41) is 12.3. The lowest BCUT2D eigenvalue weighted by molar-refractivity contribution is -0.144. The molecule has 116 valence electrons. The summed E-state index contributed by atoms with van der Waals surface area (Å²) in [6, 6.07) is 5.83. The summed E-state index contributed by atoms with van der Waals surface area (Å²) in [4.78, 5) is 12.4. The number of fused-ring (bicyclic) bond motifs is 1. The van der Waals surface area contributed by atoms with Gasteiger partial charge in [-0.3, -0.25) is 4.79 Å². The van der Waals surface area contributed by atoms with Crippen molar-refractivity contribution in [2.45, 2.75) is 36.0 Å². The molecule has 0 aromatic heterocycles. The topological polar surface area (TPSA) is 67.8 Å². The van der Waals surface area contributed by atoms with Gasteiger partial charge in [-0.25, -0.2) is 0 Å². The molecule has 1 aromatic rings. The third-order valence-corrected chi connectivity index (χ3v) is 4.67. The lowest BCUT2D eigenvalue weighted by Crippen LogP contribution is -2.49. The highest BCUT2D eigenvalue weighted by atomic mass is 32.2. The average molecular weight is 311 g/mol. The number of carboxylic acid groups (broad SMARTS) is 1. The van der Waals surface area contributed by atoms with E-state index in [-0.39, 0.29) is 5.25 Å². The highest BCUT2D eigenvalue weighted by Crippen LogP contribution is 2.36. The monoisotopic (exact) mass is 311 g/mol. The van der Waals surface area contributed by atoms with Crippen LogP contribution in [0.25, 0.3) is 0 Å². The predicted molar refractivity (Wildman–Crippen MR) is 82.5 cm³/mol. The Bertz CT molecular complexity index is 522. The van der Waals surface area contributed by atoms with Gasteiger partial charge in [0.2, 0.25) is 0 Å². The van der Waals surface area contributed by atoms with Crippen LogP contribution < -0.4 is 14.8 Å². The van der Waals surface area contributed by atoms with Crippen molar-refractivity contribution in [3.05, 3.63) is 18.2 Å². The number of carbonyl (C=O) groups is 1. The van der Waals surface area contributed by atoms with Gasteiger partial charge in [0.05, 0.1) is 0 Å². The highest BCUT2D eigenvalue weighted by molar-refractivity contribution is 8.00. The third kappa shape index (κ3) is 3.83. The fourth-order valence-electron chi connectivity index (χ4n) is 2.24. The van der Waals surface area contributed by atoms with E-state index >= 15 is 0 Å². The molecule has 1 aliphatic heterocycles. The van der Waals surface area contributed by atoms with Gasteiger partial charge in [-0.15, -0.1) is 11.8 Å². The molecule has 21 heavy (non-hydrogen) atoms. The van der Waals surface area contributed by atoms with Crippen LogP contribution in [0.15, 0.2) is 23.1 Å². The van der Waals surface area contributed by atoms with Crippen molar-refractivity contribution in [3.63, 3.8) is 0 Å². The molecule has 5 nitrogen and oxygen atoms in total. The molecule has 1 heterocycles. The van der Waals surface area contributed by atoms with Gasteiger partial charge in [-0.2, -0.15) is 0 Å². The fourth-order valence-corrected chi connectivity index (χ4v) is 3.45. The van der Waals surface area contributed by atoms with Gasteiger partial charge in [-0.1, -0.05) is 6.92 Å². The van der Waals surface area contributed by atoms with E-state index in [1.807, 2.05) is 25.1 Å². The van der Waals surface area contributed by atoms with Crippen molar-refractivity contribution in [1.82, 2.24) is 5.32 Å². The maximum atomic E-state index is 11.3. The molecule has 2 rings (SSSR count). The summed E-state index contributed by atoms with van der Waals surface area (Å²) in [5.41, 5.74) is -0.916. The second-order valence-electron chi connectivity index (χ2n) is 5.33. The number of thioether (sulfide) groups is 1. The number of likely N-dealkylation sites (N-methyl/N-ethyl adjacent to an activating group) is 1. The number of hydrogen-bond acceptors (Lipinski definition) is 5. The van der Waals surface area contributed by atoms with E-state index in [4.69, 9.17) is 9.47 Å². The van der Waals surface area contributed by atoms with Crippen LogP contribution in [0.5, 0.6) is 11.5 Å². The van der Waals surface area contributed by atoms with Crippen LogP contribution in [-0.2, 0) is 4.79 Å². The lowest BCUT2D eigenvalue weighted by Gasteiger charge is -2.27. The van der Waals surface area contributed by atoms with Crippen molar-refractivity contribution in [1.29, 1.82) is 0 Å². The van der Waals surface area contributed by atoms with Gasteiger partial charge >= 0.3 is 5.97 Å². The van der Waals surface area contributed by atoms with Gasteiger partial charge in [-0.05, 0) is 38.6 Å². The molecule has 0 radical (unpaired) electrons. The molecular weight excluding hydrogens is 290 g/mol. The maximum Gasteiger partial charge on any atom is 0.323 e. The van der Waals surface area contributed by atoms with Crippen LogP contribution in [0.3, 0.4) is 0 Å². The zero-order valence-corrected chi connectivity index (χ0v) is 13.3. The van der Waals surface area contributed by atoms with Crippen molar-refractivity contribution in [3.8, 4) is 11.5 Å².